The lowest BCUT2D eigenvalue weighted by atomic mass is 10.0. The molecule has 3 atom stereocenters. The minimum atomic E-state index is -1.28. The fourth-order valence-electron chi connectivity index (χ4n) is 3.39. The zero-order chi connectivity index (χ0) is 26.5. The van der Waals surface area contributed by atoms with Gasteiger partial charge in [-0.05, 0) is 24.0 Å². The summed E-state index contributed by atoms with van der Waals surface area (Å²) in [5.41, 5.74) is 7.50. The molecule has 0 saturated carbocycles. The van der Waals surface area contributed by atoms with Gasteiger partial charge in [0, 0.05) is 12.8 Å². The van der Waals surface area contributed by atoms with Gasteiger partial charge in [-0.15, -0.1) is 0 Å². The second-order valence-electron chi connectivity index (χ2n) is 8.15. The maximum absolute atomic E-state index is 13.1. The molecule has 192 valence electrons. The second kappa shape index (κ2) is 14.2. The van der Waals surface area contributed by atoms with Crippen LogP contribution in [-0.2, 0) is 36.8 Å². The van der Waals surface area contributed by atoms with Gasteiger partial charge in [0.1, 0.15) is 18.6 Å². The van der Waals surface area contributed by atoms with Crippen LogP contribution in [0.15, 0.2) is 60.7 Å². The lowest BCUT2D eigenvalue weighted by molar-refractivity contribution is -0.138. The van der Waals surface area contributed by atoms with Crippen LogP contribution in [0.25, 0.3) is 0 Å². The highest BCUT2D eigenvalue weighted by Crippen LogP contribution is 2.07. The van der Waals surface area contributed by atoms with E-state index in [0.717, 1.165) is 5.56 Å². The predicted octanol–water partition coefficient (Wildman–Crippen LogP) is -0.166. The Morgan fingerprint density at radius 3 is 1.75 bits per heavy atom. The summed E-state index contributed by atoms with van der Waals surface area (Å²) < 4.78 is 0. The molecule has 0 radical (unpaired) electrons. The van der Waals surface area contributed by atoms with Gasteiger partial charge in [0.05, 0.1) is 6.04 Å². The van der Waals surface area contributed by atoms with Gasteiger partial charge in [0.15, 0.2) is 0 Å². The topological polar surface area (TPSA) is 188 Å². The van der Waals surface area contributed by atoms with Crippen LogP contribution >= 0.6 is 0 Å². The first-order valence-electron chi connectivity index (χ1n) is 11.3. The van der Waals surface area contributed by atoms with E-state index in [1.54, 1.807) is 54.6 Å². The number of rotatable bonds is 14. The minimum Gasteiger partial charge on any atom is -0.481 e. The van der Waals surface area contributed by atoms with Crippen LogP contribution in [0.4, 0.5) is 0 Å². The monoisotopic (exact) mass is 498 g/mol. The number of aliphatic carboxylic acids is 2. The molecule has 3 amide bonds. The summed E-state index contributed by atoms with van der Waals surface area (Å²) in [7, 11) is 0. The average molecular weight is 499 g/mol. The van der Waals surface area contributed by atoms with Crippen molar-refractivity contribution in [3.63, 3.8) is 0 Å². The van der Waals surface area contributed by atoms with Gasteiger partial charge in [-0.1, -0.05) is 60.7 Å². The Balaban J connectivity index is 2.14. The fourth-order valence-corrected chi connectivity index (χ4v) is 3.39. The first kappa shape index (κ1) is 28.0. The molecule has 36 heavy (non-hydrogen) atoms. The number of carbonyl (C=O) groups is 5. The molecule has 11 heteroatoms. The molecule has 3 unspecified atom stereocenters. The van der Waals surface area contributed by atoms with Gasteiger partial charge in [-0.3, -0.25) is 24.0 Å². The Kier molecular flexibility index (Phi) is 11.1. The lowest BCUT2D eigenvalue weighted by Crippen LogP contribution is -2.56. The van der Waals surface area contributed by atoms with Crippen molar-refractivity contribution in [1.82, 2.24) is 16.0 Å². The Morgan fingerprint density at radius 1 is 0.694 bits per heavy atom. The smallest absolute Gasteiger partial charge is 0.322 e. The molecule has 0 bridgehead atoms. The summed E-state index contributed by atoms with van der Waals surface area (Å²) in [6.45, 7) is -0.645. The van der Waals surface area contributed by atoms with E-state index in [-0.39, 0.29) is 19.3 Å². The van der Waals surface area contributed by atoms with Gasteiger partial charge in [-0.2, -0.15) is 0 Å². The van der Waals surface area contributed by atoms with Gasteiger partial charge in [-0.25, -0.2) is 0 Å². The van der Waals surface area contributed by atoms with Crippen LogP contribution in [-0.4, -0.2) is 64.5 Å². The molecule has 11 nitrogen and oxygen atoms in total. The Hall–Kier alpha value is -4.25. The van der Waals surface area contributed by atoms with Crippen LogP contribution in [0.1, 0.15) is 24.0 Å². The summed E-state index contributed by atoms with van der Waals surface area (Å²) >= 11 is 0. The molecule has 0 aliphatic carbocycles. The number of benzene rings is 2. The zero-order valence-electron chi connectivity index (χ0n) is 19.6. The normalized spacial score (nSPS) is 13.0. The maximum atomic E-state index is 13.1. The van der Waals surface area contributed by atoms with E-state index in [0.29, 0.717) is 5.56 Å². The molecule has 2 aromatic rings. The SMILES string of the molecule is NC(Cc1ccccc1)C(=O)NC(CCC(=O)O)C(=O)NC(Cc1ccccc1)C(=O)NCC(=O)O. The summed E-state index contributed by atoms with van der Waals surface area (Å²) in [6, 6.07) is 14.3. The van der Waals surface area contributed by atoms with Crippen LogP contribution in [0, 0.1) is 0 Å². The van der Waals surface area contributed by atoms with Crippen LogP contribution < -0.4 is 21.7 Å². The van der Waals surface area contributed by atoms with Crippen molar-refractivity contribution in [2.45, 2.75) is 43.8 Å². The van der Waals surface area contributed by atoms with E-state index in [1.807, 2.05) is 6.07 Å². The Bertz CT molecular complexity index is 1050. The third-order valence-electron chi connectivity index (χ3n) is 5.24. The molecule has 2 aromatic carbocycles. The Labute approximate surface area is 208 Å². The van der Waals surface area contributed by atoms with Crippen molar-refractivity contribution in [3.05, 3.63) is 71.8 Å². The number of carboxylic acid groups (broad SMARTS) is 2. The van der Waals surface area contributed by atoms with Crippen molar-refractivity contribution in [3.8, 4) is 0 Å². The van der Waals surface area contributed by atoms with Gasteiger partial charge in [0.2, 0.25) is 17.7 Å². The quantitative estimate of drug-likeness (QED) is 0.207. The van der Waals surface area contributed by atoms with Crippen LogP contribution in [0.5, 0.6) is 0 Å². The number of nitrogens with two attached hydrogens (primary N) is 1. The highest BCUT2D eigenvalue weighted by molar-refractivity contribution is 5.94. The van der Waals surface area contributed by atoms with E-state index in [1.165, 1.54) is 0 Å². The number of nitrogens with one attached hydrogen (secondary N) is 3. The molecule has 2 rings (SSSR count). The highest BCUT2D eigenvalue weighted by atomic mass is 16.4. The number of hydrogen-bond donors (Lipinski definition) is 6. The summed E-state index contributed by atoms with van der Waals surface area (Å²) in [4.78, 5) is 60.3. The van der Waals surface area contributed by atoms with Crippen molar-refractivity contribution in [1.29, 1.82) is 0 Å². The lowest BCUT2D eigenvalue weighted by Gasteiger charge is -2.24. The molecular weight excluding hydrogens is 468 g/mol. The van der Waals surface area contributed by atoms with Gasteiger partial charge in [0.25, 0.3) is 0 Å². The molecule has 0 aliphatic heterocycles. The third kappa shape index (κ3) is 9.94. The van der Waals surface area contributed by atoms with Crippen LogP contribution in [0.2, 0.25) is 0 Å². The van der Waals surface area contributed by atoms with Gasteiger partial charge >= 0.3 is 11.9 Å². The van der Waals surface area contributed by atoms with E-state index in [4.69, 9.17) is 15.9 Å². The minimum absolute atomic E-state index is 0.0468. The predicted molar refractivity (Wildman–Crippen MR) is 130 cm³/mol. The molecule has 0 spiro atoms. The van der Waals surface area contributed by atoms with Gasteiger partial charge < -0.3 is 31.9 Å². The van der Waals surface area contributed by atoms with Crippen molar-refractivity contribution >= 4 is 29.7 Å². The highest BCUT2D eigenvalue weighted by Gasteiger charge is 2.29. The zero-order valence-corrected chi connectivity index (χ0v) is 19.6. The van der Waals surface area contributed by atoms with Crippen LogP contribution in [0.3, 0.4) is 0 Å². The maximum Gasteiger partial charge on any atom is 0.322 e. The molecule has 0 aliphatic rings. The van der Waals surface area contributed by atoms with E-state index in [9.17, 15) is 24.0 Å². The number of carboxylic acids is 2. The molecule has 0 heterocycles. The number of amides is 3. The molecule has 0 fully saturated rings. The van der Waals surface area contributed by atoms with E-state index < -0.39 is 60.8 Å². The largest absolute Gasteiger partial charge is 0.481 e. The van der Waals surface area contributed by atoms with Crippen molar-refractivity contribution in [2.75, 3.05) is 6.54 Å². The van der Waals surface area contributed by atoms with Crippen molar-refractivity contribution in [2.24, 2.45) is 5.73 Å². The fraction of sp³-hybridized carbons (Fsp3) is 0.320. The number of carbonyl (C=O) groups excluding carboxylic acids is 3. The summed E-state index contributed by atoms with van der Waals surface area (Å²) in [5, 5.41) is 25.2. The first-order valence-corrected chi connectivity index (χ1v) is 11.3. The number of hydrogen-bond acceptors (Lipinski definition) is 6. The standard InChI is InChI=1S/C25H30N4O7/c26-18(13-16-7-3-1-4-8-16)23(34)28-19(11-12-21(30)31)25(36)29-20(24(35)27-15-22(32)33)14-17-9-5-2-6-10-17/h1-10,18-20H,11-15,26H2,(H,27,35)(H,28,34)(H,29,36)(H,30,31)(H,32,33). The van der Waals surface area contributed by atoms with E-state index in [2.05, 4.69) is 16.0 Å². The average Bonchev–Trinajstić information content (AvgIpc) is 2.85. The first-order chi connectivity index (χ1) is 17.2. The molecule has 0 saturated heterocycles. The van der Waals surface area contributed by atoms with Crippen molar-refractivity contribution < 1.29 is 34.2 Å². The second-order valence-corrected chi connectivity index (χ2v) is 8.15. The third-order valence-corrected chi connectivity index (χ3v) is 5.24. The van der Waals surface area contributed by atoms with E-state index >= 15 is 0 Å². The molecular formula is C25H30N4O7. The summed E-state index contributed by atoms with van der Waals surface area (Å²) in [6.07, 6.45) is -0.403. The Morgan fingerprint density at radius 2 is 1.22 bits per heavy atom. The molecule has 7 N–H and O–H groups in total. The molecule has 0 aromatic heterocycles. The summed E-state index contributed by atoms with van der Waals surface area (Å²) in [5.74, 6) is -4.61.